The minimum Gasteiger partial charge on any atom is -0.507 e. The monoisotopic (exact) mass is 437 g/mol. The third-order valence-corrected chi connectivity index (χ3v) is 5.93. The standard InChI is InChI=1S/C28H20FNO3/c1-17-7-4-10-19(15-17)25-24(26(31)23-14-5-9-18-8-2-3-13-22(18)23)27(32)28(33)30(25)21-12-6-11-20(29)16-21/h2-16,25,31H,1H3/b26-24-. The summed E-state index contributed by atoms with van der Waals surface area (Å²) in [4.78, 5) is 27.8. The first kappa shape index (κ1) is 20.6. The van der Waals surface area contributed by atoms with Crippen molar-refractivity contribution >= 4 is 33.9 Å². The maximum atomic E-state index is 14.0. The molecule has 0 radical (unpaired) electrons. The summed E-state index contributed by atoms with van der Waals surface area (Å²) in [7, 11) is 0. The molecule has 0 saturated carbocycles. The van der Waals surface area contributed by atoms with Gasteiger partial charge in [-0.25, -0.2) is 4.39 Å². The van der Waals surface area contributed by atoms with E-state index in [2.05, 4.69) is 0 Å². The highest BCUT2D eigenvalue weighted by molar-refractivity contribution is 6.51. The molecule has 33 heavy (non-hydrogen) atoms. The maximum Gasteiger partial charge on any atom is 0.300 e. The van der Waals surface area contributed by atoms with Crippen molar-refractivity contribution in [3.05, 3.63) is 119 Å². The second-order valence-corrected chi connectivity index (χ2v) is 8.09. The van der Waals surface area contributed by atoms with Gasteiger partial charge >= 0.3 is 0 Å². The fourth-order valence-corrected chi connectivity index (χ4v) is 4.46. The van der Waals surface area contributed by atoms with Crippen LogP contribution >= 0.6 is 0 Å². The van der Waals surface area contributed by atoms with E-state index in [1.807, 2.05) is 55.5 Å². The van der Waals surface area contributed by atoms with Crippen LogP contribution in [-0.4, -0.2) is 16.8 Å². The van der Waals surface area contributed by atoms with Gasteiger partial charge < -0.3 is 5.11 Å². The average Bonchev–Trinajstić information content (AvgIpc) is 3.09. The highest BCUT2D eigenvalue weighted by Crippen LogP contribution is 2.43. The van der Waals surface area contributed by atoms with E-state index in [0.717, 1.165) is 16.3 Å². The average molecular weight is 437 g/mol. The van der Waals surface area contributed by atoms with Crippen LogP contribution in [0, 0.1) is 12.7 Å². The van der Waals surface area contributed by atoms with Gasteiger partial charge in [-0.3, -0.25) is 14.5 Å². The van der Waals surface area contributed by atoms with Crippen molar-refractivity contribution in [1.82, 2.24) is 0 Å². The van der Waals surface area contributed by atoms with Crippen LogP contribution in [0.5, 0.6) is 0 Å². The van der Waals surface area contributed by atoms with E-state index in [-0.39, 0.29) is 17.0 Å². The predicted molar refractivity (Wildman–Crippen MR) is 126 cm³/mol. The highest BCUT2D eigenvalue weighted by atomic mass is 19.1. The second-order valence-electron chi connectivity index (χ2n) is 8.09. The molecular weight excluding hydrogens is 417 g/mol. The van der Waals surface area contributed by atoms with Gasteiger partial charge in [0, 0.05) is 11.3 Å². The van der Waals surface area contributed by atoms with Crippen molar-refractivity contribution in [1.29, 1.82) is 0 Å². The Morgan fingerprint density at radius 3 is 2.39 bits per heavy atom. The lowest BCUT2D eigenvalue weighted by Crippen LogP contribution is -2.29. The fraction of sp³-hybridized carbons (Fsp3) is 0.0714. The molecule has 4 aromatic carbocycles. The lowest BCUT2D eigenvalue weighted by molar-refractivity contribution is -0.132. The van der Waals surface area contributed by atoms with E-state index in [0.29, 0.717) is 11.1 Å². The van der Waals surface area contributed by atoms with Gasteiger partial charge in [-0.05, 0) is 41.5 Å². The lowest BCUT2D eigenvalue weighted by Gasteiger charge is -2.25. The molecule has 4 nitrogen and oxygen atoms in total. The van der Waals surface area contributed by atoms with E-state index in [1.54, 1.807) is 24.3 Å². The van der Waals surface area contributed by atoms with Crippen molar-refractivity contribution in [3.8, 4) is 0 Å². The van der Waals surface area contributed by atoms with Gasteiger partial charge in [-0.2, -0.15) is 0 Å². The lowest BCUT2D eigenvalue weighted by atomic mass is 9.92. The SMILES string of the molecule is Cc1cccc(C2/C(=C(/O)c3cccc4ccccc34)C(=O)C(=O)N2c2cccc(F)c2)c1. The zero-order valence-electron chi connectivity index (χ0n) is 17.8. The van der Waals surface area contributed by atoms with Gasteiger partial charge in [-0.15, -0.1) is 0 Å². The molecule has 1 saturated heterocycles. The molecule has 0 aliphatic carbocycles. The number of benzene rings is 4. The summed E-state index contributed by atoms with van der Waals surface area (Å²) >= 11 is 0. The first-order valence-electron chi connectivity index (χ1n) is 10.6. The van der Waals surface area contributed by atoms with Crippen LogP contribution in [-0.2, 0) is 9.59 Å². The fourth-order valence-electron chi connectivity index (χ4n) is 4.46. The Balaban J connectivity index is 1.79. The van der Waals surface area contributed by atoms with Crippen LogP contribution in [0.25, 0.3) is 16.5 Å². The number of rotatable bonds is 3. The van der Waals surface area contributed by atoms with E-state index in [1.165, 1.54) is 23.1 Å². The largest absolute Gasteiger partial charge is 0.507 e. The summed E-state index contributed by atoms with van der Waals surface area (Å²) in [6.45, 7) is 1.91. The number of aliphatic hydroxyl groups excluding tert-OH is 1. The van der Waals surface area contributed by atoms with E-state index < -0.39 is 23.5 Å². The molecule has 1 heterocycles. The van der Waals surface area contributed by atoms with Gasteiger partial charge in [-0.1, -0.05) is 78.4 Å². The van der Waals surface area contributed by atoms with Crippen molar-refractivity contribution in [2.24, 2.45) is 0 Å². The molecule has 1 atom stereocenters. The van der Waals surface area contributed by atoms with Gasteiger partial charge in [0.15, 0.2) is 0 Å². The van der Waals surface area contributed by atoms with Crippen LogP contribution in [0.2, 0.25) is 0 Å². The van der Waals surface area contributed by atoms with E-state index >= 15 is 0 Å². The Morgan fingerprint density at radius 1 is 0.879 bits per heavy atom. The smallest absolute Gasteiger partial charge is 0.300 e. The number of hydrogen-bond acceptors (Lipinski definition) is 3. The molecule has 1 aliphatic heterocycles. The molecule has 0 aromatic heterocycles. The zero-order chi connectivity index (χ0) is 23.1. The molecule has 162 valence electrons. The number of aryl methyl sites for hydroxylation is 1. The van der Waals surface area contributed by atoms with Gasteiger partial charge in [0.1, 0.15) is 11.6 Å². The van der Waals surface area contributed by atoms with Gasteiger partial charge in [0.25, 0.3) is 11.7 Å². The second kappa shape index (κ2) is 8.02. The number of Topliss-reactive ketones (excluding diaryl/α,β-unsaturated/α-hetero) is 1. The summed E-state index contributed by atoms with van der Waals surface area (Å²) in [5, 5.41) is 13.1. The number of halogens is 1. The third kappa shape index (κ3) is 3.48. The maximum absolute atomic E-state index is 14.0. The molecule has 1 N–H and O–H groups in total. The van der Waals surface area contributed by atoms with Crippen LogP contribution in [0.15, 0.2) is 96.6 Å². The van der Waals surface area contributed by atoms with Crippen molar-refractivity contribution in [2.75, 3.05) is 4.90 Å². The summed E-state index contributed by atoms with van der Waals surface area (Å²) < 4.78 is 14.0. The molecule has 1 fully saturated rings. The molecule has 1 aliphatic rings. The number of fused-ring (bicyclic) bond motifs is 1. The van der Waals surface area contributed by atoms with Crippen molar-refractivity contribution in [3.63, 3.8) is 0 Å². The summed E-state index contributed by atoms with van der Waals surface area (Å²) in [6, 6.07) is 25.0. The molecule has 4 aromatic rings. The van der Waals surface area contributed by atoms with Crippen LogP contribution in [0.3, 0.4) is 0 Å². The first-order chi connectivity index (χ1) is 16.0. The molecule has 0 bridgehead atoms. The molecular formula is C28H20FNO3. The topological polar surface area (TPSA) is 57.6 Å². The number of anilines is 1. The summed E-state index contributed by atoms with van der Waals surface area (Å²) in [5.41, 5.74) is 2.28. The number of hydrogen-bond donors (Lipinski definition) is 1. The van der Waals surface area contributed by atoms with Crippen molar-refractivity contribution in [2.45, 2.75) is 13.0 Å². The minimum atomic E-state index is -0.898. The van der Waals surface area contributed by atoms with E-state index in [9.17, 15) is 19.1 Å². The van der Waals surface area contributed by atoms with Crippen LogP contribution in [0.1, 0.15) is 22.7 Å². The first-order valence-corrected chi connectivity index (χ1v) is 10.6. The molecule has 1 unspecified atom stereocenters. The van der Waals surface area contributed by atoms with E-state index in [4.69, 9.17) is 0 Å². The Morgan fingerprint density at radius 2 is 1.61 bits per heavy atom. The third-order valence-electron chi connectivity index (χ3n) is 5.93. The molecule has 1 amide bonds. The Hall–Kier alpha value is -4.25. The molecule has 5 heteroatoms. The molecule has 0 spiro atoms. The van der Waals surface area contributed by atoms with Crippen molar-refractivity contribution < 1.29 is 19.1 Å². The number of carbonyl (C=O) groups excluding carboxylic acids is 2. The quantitative estimate of drug-likeness (QED) is 0.246. The Labute approximate surface area is 190 Å². The molecule has 5 rings (SSSR count). The normalized spacial score (nSPS) is 17.6. The van der Waals surface area contributed by atoms with Crippen LogP contribution in [0.4, 0.5) is 10.1 Å². The Kier molecular flexibility index (Phi) is 5.02. The summed E-state index contributed by atoms with van der Waals surface area (Å²) in [6.07, 6.45) is 0. The minimum absolute atomic E-state index is 0.0220. The van der Waals surface area contributed by atoms with Gasteiger partial charge in [0.2, 0.25) is 0 Å². The number of amides is 1. The van der Waals surface area contributed by atoms with Gasteiger partial charge in [0.05, 0.1) is 11.6 Å². The Bertz CT molecular complexity index is 1450. The number of aliphatic hydroxyl groups is 1. The zero-order valence-corrected chi connectivity index (χ0v) is 17.8. The number of ketones is 1. The number of nitrogens with zero attached hydrogens (tertiary/aromatic N) is 1. The number of carbonyl (C=O) groups is 2. The van der Waals surface area contributed by atoms with Crippen LogP contribution < -0.4 is 4.90 Å². The highest BCUT2D eigenvalue weighted by Gasteiger charge is 2.47. The summed E-state index contributed by atoms with van der Waals surface area (Å²) in [5.74, 6) is -2.40. The predicted octanol–water partition coefficient (Wildman–Crippen LogP) is 5.91.